The first-order valence-electron chi connectivity index (χ1n) is 6.07. The third-order valence-corrected chi connectivity index (χ3v) is 3.32. The van der Waals surface area contributed by atoms with Gasteiger partial charge < -0.3 is 0 Å². The van der Waals surface area contributed by atoms with Crippen molar-refractivity contribution in [3.8, 4) is 0 Å². The van der Waals surface area contributed by atoms with Gasteiger partial charge >= 0.3 is 0 Å². The van der Waals surface area contributed by atoms with Crippen LogP contribution in [0.2, 0.25) is 0 Å². The van der Waals surface area contributed by atoms with E-state index < -0.39 is 0 Å². The molecular weight excluding hydrogens is 170 g/mol. The van der Waals surface area contributed by atoms with Crippen molar-refractivity contribution < 1.29 is 0 Å². The minimum absolute atomic E-state index is 0.194. The van der Waals surface area contributed by atoms with Gasteiger partial charge in [-0.2, -0.15) is 0 Å². The smallest absolute Gasteiger partial charge is 0.0625 e. The summed E-state index contributed by atoms with van der Waals surface area (Å²) in [7, 11) is 0. The van der Waals surface area contributed by atoms with Crippen LogP contribution in [0.1, 0.15) is 67.2 Å². The van der Waals surface area contributed by atoms with Gasteiger partial charge in [-0.3, -0.25) is 4.99 Å². The Balaban J connectivity index is 4.73. The quantitative estimate of drug-likeness (QED) is 0.557. The van der Waals surface area contributed by atoms with Crippen LogP contribution in [0, 0.1) is 5.92 Å². The van der Waals surface area contributed by atoms with E-state index in [2.05, 4.69) is 41.5 Å². The predicted octanol–water partition coefficient (Wildman–Crippen LogP) is 4.46. The fraction of sp³-hybridized carbons (Fsp3) is 0.923. The summed E-state index contributed by atoms with van der Waals surface area (Å²) in [6.45, 7) is 13.5. The summed E-state index contributed by atoms with van der Waals surface area (Å²) in [5.41, 5.74) is 1.52. The lowest BCUT2D eigenvalue weighted by Crippen LogP contribution is -2.32. The van der Waals surface area contributed by atoms with E-state index in [1.807, 2.05) is 0 Å². The summed E-state index contributed by atoms with van der Waals surface area (Å²) in [6, 6.07) is 0. The Morgan fingerprint density at radius 1 is 1.14 bits per heavy atom. The van der Waals surface area contributed by atoms with E-state index in [0.29, 0.717) is 5.92 Å². The molecule has 0 saturated carbocycles. The van der Waals surface area contributed by atoms with E-state index in [-0.39, 0.29) is 5.54 Å². The van der Waals surface area contributed by atoms with Gasteiger partial charge in [-0.05, 0) is 32.1 Å². The summed E-state index contributed by atoms with van der Waals surface area (Å²) in [4.78, 5) is 4.95. The van der Waals surface area contributed by atoms with Crippen LogP contribution in [0.4, 0.5) is 0 Å². The highest BCUT2D eigenvalue weighted by Gasteiger charge is 2.28. The molecule has 0 aromatic heterocycles. The molecule has 84 valence electrons. The topological polar surface area (TPSA) is 12.4 Å². The molecule has 0 bridgehead atoms. The van der Waals surface area contributed by atoms with Crippen LogP contribution in [0.25, 0.3) is 0 Å². The second-order valence-electron chi connectivity index (χ2n) is 4.56. The first-order chi connectivity index (χ1) is 6.52. The van der Waals surface area contributed by atoms with Crippen molar-refractivity contribution in [2.45, 2.75) is 72.8 Å². The molecule has 0 aliphatic carbocycles. The maximum atomic E-state index is 4.95. The Labute approximate surface area is 90.0 Å². The molecule has 0 aliphatic rings. The van der Waals surface area contributed by atoms with Crippen LogP contribution in [-0.2, 0) is 0 Å². The molecule has 0 fully saturated rings. The molecule has 0 spiro atoms. The molecule has 1 nitrogen and oxygen atoms in total. The normalized spacial score (nSPS) is 13.8. The van der Waals surface area contributed by atoms with Crippen LogP contribution < -0.4 is 0 Å². The van der Waals surface area contributed by atoms with Crippen molar-refractivity contribution in [1.82, 2.24) is 0 Å². The van der Waals surface area contributed by atoms with E-state index in [0.717, 1.165) is 19.3 Å². The van der Waals surface area contributed by atoms with E-state index in [1.54, 1.807) is 0 Å². The first kappa shape index (κ1) is 13.7. The molecule has 0 radical (unpaired) electrons. The van der Waals surface area contributed by atoms with Crippen LogP contribution in [0.5, 0.6) is 0 Å². The highest BCUT2D eigenvalue weighted by molar-refractivity contribution is 5.82. The zero-order valence-corrected chi connectivity index (χ0v) is 10.9. The second kappa shape index (κ2) is 6.21. The maximum absolute atomic E-state index is 4.95. The number of rotatable bonds is 6. The van der Waals surface area contributed by atoms with Gasteiger partial charge in [-0.15, -0.1) is 0 Å². The lowest BCUT2D eigenvalue weighted by molar-refractivity contribution is 0.291. The Morgan fingerprint density at radius 3 is 1.93 bits per heavy atom. The minimum atomic E-state index is 0.194. The molecule has 0 unspecified atom stereocenters. The fourth-order valence-electron chi connectivity index (χ4n) is 2.15. The molecule has 0 aromatic carbocycles. The molecule has 14 heavy (non-hydrogen) atoms. The predicted molar refractivity (Wildman–Crippen MR) is 66.2 cm³/mol. The van der Waals surface area contributed by atoms with Gasteiger partial charge in [0, 0.05) is 5.71 Å². The molecule has 0 amide bonds. The van der Waals surface area contributed by atoms with E-state index in [1.165, 1.54) is 12.1 Å². The lowest BCUT2D eigenvalue weighted by atomic mass is 9.82. The SMILES string of the molecule is CCCC(C)=NC(CC)(CC)C(C)C. The molecule has 0 heterocycles. The third kappa shape index (κ3) is 3.43. The van der Waals surface area contributed by atoms with Gasteiger partial charge in [0.25, 0.3) is 0 Å². The van der Waals surface area contributed by atoms with Gasteiger partial charge in [0.1, 0.15) is 0 Å². The number of hydrogen-bond donors (Lipinski definition) is 0. The molecule has 0 N–H and O–H groups in total. The fourth-order valence-corrected chi connectivity index (χ4v) is 2.15. The summed E-state index contributed by atoms with van der Waals surface area (Å²) >= 11 is 0. The molecule has 0 saturated heterocycles. The lowest BCUT2D eigenvalue weighted by Gasteiger charge is -2.32. The summed E-state index contributed by atoms with van der Waals surface area (Å²) in [5.74, 6) is 0.643. The van der Waals surface area contributed by atoms with Crippen LogP contribution in [-0.4, -0.2) is 11.3 Å². The van der Waals surface area contributed by atoms with Gasteiger partial charge in [0.05, 0.1) is 5.54 Å². The van der Waals surface area contributed by atoms with Crippen LogP contribution in [0.3, 0.4) is 0 Å². The Morgan fingerprint density at radius 2 is 1.64 bits per heavy atom. The van der Waals surface area contributed by atoms with Gasteiger partial charge in [-0.1, -0.05) is 41.0 Å². The zero-order chi connectivity index (χ0) is 11.2. The Bertz CT molecular complexity index is 176. The van der Waals surface area contributed by atoms with Crippen LogP contribution >= 0.6 is 0 Å². The maximum Gasteiger partial charge on any atom is 0.0625 e. The highest BCUT2D eigenvalue weighted by atomic mass is 14.9. The molecule has 0 rings (SSSR count). The number of hydrogen-bond acceptors (Lipinski definition) is 1. The highest BCUT2D eigenvalue weighted by Crippen LogP contribution is 2.30. The molecule has 0 aromatic rings. The standard InChI is InChI=1S/C13H27N/c1-7-10-12(6)14-13(8-2,9-3)11(4)5/h11H,7-10H2,1-6H3. The van der Waals surface area contributed by atoms with Crippen molar-refractivity contribution in [1.29, 1.82) is 0 Å². The second-order valence-corrected chi connectivity index (χ2v) is 4.56. The van der Waals surface area contributed by atoms with Crippen molar-refractivity contribution in [3.63, 3.8) is 0 Å². The van der Waals surface area contributed by atoms with E-state index in [9.17, 15) is 0 Å². The summed E-state index contributed by atoms with van der Waals surface area (Å²) in [6.07, 6.45) is 4.66. The van der Waals surface area contributed by atoms with Crippen molar-refractivity contribution in [3.05, 3.63) is 0 Å². The largest absolute Gasteiger partial charge is 0.288 e. The van der Waals surface area contributed by atoms with Crippen molar-refractivity contribution in [2.24, 2.45) is 10.9 Å². The average Bonchev–Trinajstić information content (AvgIpc) is 2.14. The zero-order valence-electron chi connectivity index (χ0n) is 10.9. The third-order valence-electron chi connectivity index (χ3n) is 3.32. The average molecular weight is 197 g/mol. The molecule has 1 heteroatoms. The number of aliphatic imine (C=N–C) groups is 1. The molecule has 0 atom stereocenters. The Kier molecular flexibility index (Phi) is 6.06. The van der Waals surface area contributed by atoms with Crippen LogP contribution in [0.15, 0.2) is 4.99 Å². The summed E-state index contributed by atoms with van der Waals surface area (Å²) < 4.78 is 0. The minimum Gasteiger partial charge on any atom is -0.288 e. The first-order valence-corrected chi connectivity index (χ1v) is 6.07. The van der Waals surface area contributed by atoms with Gasteiger partial charge in [-0.25, -0.2) is 0 Å². The van der Waals surface area contributed by atoms with Crippen molar-refractivity contribution >= 4 is 5.71 Å². The monoisotopic (exact) mass is 197 g/mol. The van der Waals surface area contributed by atoms with Gasteiger partial charge in [0.15, 0.2) is 0 Å². The van der Waals surface area contributed by atoms with E-state index >= 15 is 0 Å². The van der Waals surface area contributed by atoms with Gasteiger partial charge in [0.2, 0.25) is 0 Å². The van der Waals surface area contributed by atoms with Crippen molar-refractivity contribution in [2.75, 3.05) is 0 Å². The summed E-state index contributed by atoms with van der Waals surface area (Å²) in [5, 5.41) is 0. The van der Waals surface area contributed by atoms with E-state index in [4.69, 9.17) is 4.99 Å². The number of nitrogens with zero attached hydrogens (tertiary/aromatic N) is 1. The molecular formula is C13H27N. The Hall–Kier alpha value is -0.330. The molecule has 0 aliphatic heterocycles.